The number of rotatable bonds is 4. The van der Waals surface area contributed by atoms with Gasteiger partial charge in [0.1, 0.15) is 0 Å². The molecule has 3 heteroatoms. The highest BCUT2D eigenvalue weighted by molar-refractivity contribution is 5.99. The third-order valence-corrected chi connectivity index (χ3v) is 3.45. The molecule has 2 aromatic carbocycles. The number of hydrogen-bond donors (Lipinski definition) is 1. The lowest BCUT2D eigenvalue weighted by Gasteiger charge is -2.25. The molecule has 2 amide bonds. The Labute approximate surface area is 120 Å². The number of amides is 2. The van der Waals surface area contributed by atoms with Crippen LogP contribution in [-0.2, 0) is 12.8 Å². The van der Waals surface area contributed by atoms with Crippen LogP contribution in [0.25, 0.3) is 0 Å². The molecule has 2 rings (SSSR count). The fourth-order valence-electron chi connectivity index (χ4n) is 2.42. The summed E-state index contributed by atoms with van der Waals surface area (Å²) in [6.45, 7) is 4.15. The molecule has 0 aliphatic heterocycles. The van der Waals surface area contributed by atoms with Gasteiger partial charge >= 0.3 is 6.03 Å². The number of para-hydroxylation sites is 2. The molecule has 0 aliphatic carbocycles. The largest absolute Gasteiger partial charge is 0.351 e. The molecule has 0 heterocycles. The summed E-state index contributed by atoms with van der Waals surface area (Å²) in [6, 6.07) is 15.3. The van der Waals surface area contributed by atoms with Crippen molar-refractivity contribution in [3.63, 3.8) is 0 Å². The number of nitrogens with two attached hydrogens (primary N) is 1. The van der Waals surface area contributed by atoms with Gasteiger partial charge in [-0.15, -0.1) is 0 Å². The lowest BCUT2D eigenvalue weighted by Crippen LogP contribution is -2.32. The highest BCUT2D eigenvalue weighted by Gasteiger charge is 2.19. The van der Waals surface area contributed by atoms with Crippen LogP contribution in [0.4, 0.5) is 16.2 Å². The van der Waals surface area contributed by atoms with Crippen molar-refractivity contribution in [1.82, 2.24) is 0 Å². The standard InChI is InChI=1S/C17H20N2O/c1-3-13-9-5-7-11-15(13)19(17(18)20)16-12-8-6-10-14(16)4-2/h5-12H,3-4H2,1-2H3,(H2,18,20). The second-order valence-corrected chi connectivity index (χ2v) is 4.64. The first-order valence-electron chi connectivity index (χ1n) is 6.94. The minimum atomic E-state index is -0.452. The SMILES string of the molecule is CCc1ccccc1N(C(N)=O)c1ccccc1CC. The second-order valence-electron chi connectivity index (χ2n) is 4.64. The summed E-state index contributed by atoms with van der Waals surface area (Å²) < 4.78 is 0. The third-order valence-electron chi connectivity index (χ3n) is 3.45. The predicted octanol–water partition coefficient (Wildman–Crippen LogP) is 4.03. The second kappa shape index (κ2) is 6.24. The molecule has 0 spiro atoms. The molecule has 104 valence electrons. The molecule has 3 nitrogen and oxygen atoms in total. The van der Waals surface area contributed by atoms with E-state index in [-0.39, 0.29) is 0 Å². The zero-order valence-corrected chi connectivity index (χ0v) is 12.0. The lowest BCUT2D eigenvalue weighted by atomic mass is 10.1. The fourth-order valence-corrected chi connectivity index (χ4v) is 2.42. The first kappa shape index (κ1) is 14.1. The van der Waals surface area contributed by atoms with Gasteiger partial charge < -0.3 is 5.73 Å². The summed E-state index contributed by atoms with van der Waals surface area (Å²) in [5.74, 6) is 0. The first-order chi connectivity index (χ1) is 9.69. The Bertz CT molecular complexity index is 560. The van der Waals surface area contributed by atoms with Crippen LogP contribution in [0.15, 0.2) is 48.5 Å². The Morgan fingerprint density at radius 2 is 1.30 bits per heavy atom. The molecule has 0 unspecified atom stereocenters. The highest BCUT2D eigenvalue weighted by Crippen LogP contribution is 2.31. The van der Waals surface area contributed by atoms with Gasteiger partial charge in [-0.05, 0) is 36.1 Å². The van der Waals surface area contributed by atoms with E-state index in [1.165, 1.54) is 0 Å². The zero-order valence-electron chi connectivity index (χ0n) is 12.0. The normalized spacial score (nSPS) is 10.3. The number of aryl methyl sites for hydroxylation is 2. The molecular formula is C17H20N2O. The summed E-state index contributed by atoms with van der Waals surface area (Å²) in [7, 11) is 0. The molecule has 0 aromatic heterocycles. The van der Waals surface area contributed by atoms with Crippen LogP contribution in [-0.4, -0.2) is 6.03 Å². The summed E-state index contributed by atoms with van der Waals surface area (Å²) in [4.78, 5) is 13.6. The van der Waals surface area contributed by atoms with Crippen LogP contribution in [0, 0.1) is 0 Å². The van der Waals surface area contributed by atoms with Gasteiger partial charge in [-0.2, -0.15) is 0 Å². The predicted molar refractivity (Wildman–Crippen MR) is 83.4 cm³/mol. The number of nitrogens with zero attached hydrogens (tertiary/aromatic N) is 1. The molecule has 0 atom stereocenters. The average molecular weight is 268 g/mol. The maximum Gasteiger partial charge on any atom is 0.323 e. The van der Waals surface area contributed by atoms with E-state index in [0.717, 1.165) is 35.3 Å². The van der Waals surface area contributed by atoms with Crippen molar-refractivity contribution in [3.8, 4) is 0 Å². The van der Waals surface area contributed by atoms with Crippen LogP contribution in [0.1, 0.15) is 25.0 Å². The summed E-state index contributed by atoms with van der Waals surface area (Å²) in [6.07, 6.45) is 1.71. The van der Waals surface area contributed by atoms with Gasteiger partial charge in [-0.3, -0.25) is 4.90 Å². The van der Waals surface area contributed by atoms with Gasteiger partial charge in [0.25, 0.3) is 0 Å². The maximum atomic E-state index is 12.0. The number of anilines is 2. The van der Waals surface area contributed by atoms with E-state index in [4.69, 9.17) is 5.73 Å². The van der Waals surface area contributed by atoms with E-state index >= 15 is 0 Å². The molecule has 0 saturated heterocycles. The number of carbonyl (C=O) groups excluding carboxylic acids is 1. The Morgan fingerprint density at radius 1 is 0.900 bits per heavy atom. The summed E-state index contributed by atoms with van der Waals surface area (Å²) in [5, 5.41) is 0. The lowest BCUT2D eigenvalue weighted by molar-refractivity contribution is 0.256. The molecular weight excluding hydrogens is 248 g/mol. The molecule has 0 saturated carbocycles. The molecule has 0 fully saturated rings. The van der Waals surface area contributed by atoms with E-state index in [9.17, 15) is 4.79 Å². The summed E-state index contributed by atoms with van der Waals surface area (Å²) in [5.41, 5.74) is 9.58. The Hall–Kier alpha value is -2.29. The highest BCUT2D eigenvalue weighted by atomic mass is 16.2. The number of urea groups is 1. The number of benzene rings is 2. The van der Waals surface area contributed by atoms with E-state index in [2.05, 4.69) is 13.8 Å². The quantitative estimate of drug-likeness (QED) is 0.894. The van der Waals surface area contributed by atoms with Gasteiger partial charge in [-0.25, -0.2) is 4.79 Å². The van der Waals surface area contributed by atoms with Crippen LogP contribution in [0.3, 0.4) is 0 Å². The van der Waals surface area contributed by atoms with E-state index in [0.29, 0.717) is 0 Å². The van der Waals surface area contributed by atoms with Gasteiger partial charge in [0.15, 0.2) is 0 Å². The van der Waals surface area contributed by atoms with Crippen molar-refractivity contribution >= 4 is 17.4 Å². The topological polar surface area (TPSA) is 46.3 Å². The van der Waals surface area contributed by atoms with Crippen LogP contribution in [0.2, 0.25) is 0 Å². The smallest absolute Gasteiger partial charge is 0.323 e. The fraction of sp³-hybridized carbons (Fsp3) is 0.235. The number of hydrogen-bond acceptors (Lipinski definition) is 1. The van der Waals surface area contributed by atoms with Crippen molar-refractivity contribution in [2.75, 3.05) is 4.90 Å². The maximum absolute atomic E-state index is 12.0. The molecule has 0 aliphatic rings. The molecule has 20 heavy (non-hydrogen) atoms. The summed E-state index contributed by atoms with van der Waals surface area (Å²) >= 11 is 0. The van der Waals surface area contributed by atoms with Gasteiger partial charge in [0.2, 0.25) is 0 Å². The minimum absolute atomic E-state index is 0.452. The van der Waals surface area contributed by atoms with Crippen molar-refractivity contribution in [2.45, 2.75) is 26.7 Å². The Balaban J connectivity index is 2.60. The van der Waals surface area contributed by atoms with Gasteiger partial charge in [0.05, 0.1) is 11.4 Å². The van der Waals surface area contributed by atoms with Crippen LogP contribution < -0.4 is 10.6 Å². The third kappa shape index (κ3) is 2.67. The first-order valence-corrected chi connectivity index (χ1v) is 6.94. The van der Waals surface area contributed by atoms with Crippen molar-refractivity contribution in [2.24, 2.45) is 5.73 Å². The number of carbonyl (C=O) groups is 1. The number of primary amides is 1. The average Bonchev–Trinajstić information content (AvgIpc) is 2.48. The molecule has 2 N–H and O–H groups in total. The molecule has 0 bridgehead atoms. The monoisotopic (exact) mass is 268 g/mol. The van der Waals surface area contributed by atoms with Gasteiger partial charge in [0, 0.05) is 0 Å². The minimum Gasteiger partial charge on any atom is -0.351 e. The molecule has 0 radical (unpaired) electrons. The van der Waals surface area contributed by atoms with Crippen LogP contribution in [0.5, 0.6) is 0 Å². The Kier molecular flexibility index (Phi) is 4.41. The van der Waals surface area contributed by atoms with Gasteiger partial charge in [-0.1, -0.05) is 50.2 Å². The van der Waals surface area contributed by atoms with Crippen LogP contribution >= 0.6 is 0 Å². The van der Waals surface area contributed by atoms with Crippen molar-refractivity contribution < 1.29 is 4.79 Å². The van der Waals surface area contributed by atoms with E-state index in [1.54, 1.807) is 4.90 Å². The van der Waals surface area contributed by atoms with E-state index in [1.807, 2.05) is 48.5 Å². The van der Waals surface area contributed by atoms with Crippen molar-refractivity contribution in [1.29, 1.82) is 0 Å². The molecule has 2 aromatic rings. The van der Waals surface area contributed by atoms with E-state index < -0.39 is 6.03 Å². The zero-order chi connectivity index (χ0) is 14.5. The van der Waals surface area contributed by atoms with Crippen molar-refractivity contribution in [3.05, 3.63) is 59.7 Å². The Morgan fingerprint density at radius 3 is 1.65 bits per heavy atom.